The van der Waals surface area contributed by atoms with Crippen LogP contribution in [0, 0.1) is 0 Å². The van der Waals surface area contributed by atoms with Crippen molar-refractivity contribution >= 4 is 40.7 Å². The van der Waals surface area contributed by atoms with Gasteiger partial charge in [-0.3, -0.25) is 4.79 Å². The highest BCUT2D eigenvalue weighted by molar-refractivity contribution is 6.35. The minimum Gasteiger partial charge on any atom is -0.352 e. The fourth-order valence-electron chi connectivity index (χ4n) is 2.29. The summed E-state index contributed by atoms with van der Waals surface area (Å²) in [5, 5.41) is 6.88. The van der Waals surface area contributed by atoms with Crippen molar-refractivity contribution in [2.24, 2.45) is 0 Å². The third kappa shape index (κ3) is 4.94. The number of aromatic nitrogens is 2. The molecule has 1 aromatic heterocycles. The van der Waals surface area contributed by atoms with E-state index in [1.54, 1.807) is 18.2 Å². The van der Waals surface area contributed by atoms with Gasteiger partial charge in [0.25, 0.3) is 5.91 Å². The molecule has 0 aliphatic rings. The number of rotatable bonds is 6. The van der Waals surface area contributed by atoms with Gasteiger partial charge in [-0.05, 0) is 30.2 Å². The summed E-state index contributed by atoms with van der Waals surface area (Å²) in [7, 11) is 0. The number of halogens is 2. The predicted octanol–water partition coefficient (Wildman–Crippen LogP) is 4.50. The molecule has 0 atom stereocenters. The molecule has 1 amide bonds. The number of carbonyl (C=O) groups is 1. The van der Waals surface area contributed by atoms with Crippen LogP contribution in [0.1, 0.15) is 15.9 Å². The van der Waals surface area contributed by atoms with Crippen LogP contribution in [0.2, 0.25) is 10.0 Å². The number of benzene rings is 2. The van der Waals surface area contributed by atoms with Gasteiger partial charge in [0.05, 0.1) is 16.3 Å². The highest BCUT2D eigenvalue weighted by atomic mass is 35.5. The molecule has 0 spiro atoms. The molecule has 0 radical (unpaired) electrons. The Morgan fingerprint density at radius 1 is 1.00 bits per heavy atom. The molecule has 3 aromatic rings. The van der Waals surface area contributed by atoms with Gasteiger partial charge < -0.3 is 10.6 Å². The van der Waals surface area contributed by atoms with Crippen LogP contribution in [0.3, 0.4) is 0 Å². The smallest absolute Gasteiger partial charge is 0.254 e. The number of nitrogens with one attached hydrogen (secondary N) is 2. The summed E-state index contributed by atoms with van der Waals surface area (Å²) in [6.07, 6.45) is 3.69. The molecule has 0 saturated heterocycles. The van der Waals surface area contributed by atoms with E-state index in [2.05, 4.69) is 20.6 Å². The Balaban J connectivity index is 1.56. The first-order valence-corrected chi connectivity index (χ1v) is 8.73. The molecule has 2 N–H and O–H groups in total. The SMILES string of the molecule is O=C(NCCc1ccccc1)c1cnc(Nc2cc(Cl)ccc2Cl)nc1. The van der Waals surface area contributed by atoms with Crippen LogP contribution >= 0.6 is 23.2 Å². The highest BCUT2D eigenvalue weighted by Crippen LogP contribution is 2.27. The zero-order chi connectivity index (χ0) is 18.4. The lowest BCUT2D eigenvalue weighted by Gasteiger charge is -2.08. The van der Waals surface area contributed by atoms with Crippen molar-refractivity contribution < 1.29 is 4.79 Å². The number of hydrogen-bond donors (Lipinski definition) is 2. The number of anilines is 2. The van der Waals surface area contributed by atoms with Crippen LogP contribution in [0.5, 0.6) is 0 Å². The second kappa shape index (κ2) is 8.65. The molecule has 7 heteroatoms. The van der Waals surface area contributed by atoms with Gasteiger partial charge in [-0.15, -0.1) is 0 Å². The van der Waals surface area contributed by atoms with Crippen LogP contribution in [0.25, 0.3) is 0 Å². The summed E-state index contributed by atoms with van der Waals surface area (Å²) >= 11 is 12.0. The minimum absolute atomic E-state index is 0.215. The van der Waals surface area contributed by atoms with Gasteiger partial charge in [-0.1, -0.05) is 53.5 Å². The zero-order valence-electron chi connectivity index (χ0n) is 13.7. The Labute approximate surface area is 161 Å². The number of hydrogen-bond acceptors (Lipinski definition) is 4. The third-order valence-electron chi connectivity index (χ3n) is 3.63. The summed E-state index contributed by atoms with van der Waals surface area (Å²) in [5.41, 5.74) is 2.15. The molecular weight excluding hydrogens is 371 g/mol. The number of carbonyl (C=O) groups excluding carboxylic acids is 1. The molecular formula is C19H16Cl2N4O. The molecule has 0 unspecified atom stereocenters. The fourth-order valence-corrected chi connectivity index (χ4v) is 2.63. The lowest BCUT2D eigenvalue weighted by molar-refractivity contribution is 0.0953. The van der Waals surface area contributed by atoms with Gasteiger partial charge in [0.15, 0.2) is 0 Å². The lowest BCUT2D eigenvalue weighted by atomic mass is 10.1. The second-order valence-corrected chi connectivity index (χ2v) is 6.38. The Morgan fingerprint density at radius 2 is 1.73 bits per heavy atom. The Hall–Kier alpha value is -2.63. The molecule has 132 valence electrons. The summed E-state index contributed by atoms with van der Waals surface area (Å²) < 4.78 is 0. The van der Waals surface area contributed by atoms with Gasteiger partial charge in [0.2, 0.25) is 5.95 Å². The fraction of sp³-hybridized carbons (Fsp3) is 0.105. The molecule has 0 saturated carbocycles. The standard InChI is InChI=1S/C19H16Cl2N4O/c20-15-6-7-16(21)17(10-15)25-19-23-11-14(12-24-19)18(26)22-9-8-13-4-2-1-3-5-13/h1-7,10-12H,8-9H2,(H,22,26)(H,23,24,25). The van der Waals surface area contributed by atoms with Crippen LogP contribution in [0.15, 0.2) is 60.9 Å². The van der Waals surface area contributed by atoms with Gasteiger partial charge in [0.1, 0.15) is 0 Å². The monoisotopic (exact) mass is 386 g/mol. The highest BCUT2D eigenvalue weighted by Gasteiger charge is 2.08. The Kier molecular flexibility index (Phi) is 6.04. The average molecular weight is 387 g/mol. The first-order valence-electron chi connectivity index (χ1n) is 7.98. The number of amides is 1. The van der Waals surface area contributed by atoms with Crippen molar-refractivity contribution in [3.63, 3.8) is 0 Å². The molecule has 0 aliphatic carbocycles. The van der Waals surface area contributed by atoms with Crippen LogP contribution in [-0.2, 0) is 6.42 Å². The molecule has 5 nitrogen and oxygen atoms in total. The summed E-state index contributed by atoms with van der Waals surface area (Å²) in [6, 6.07) is 15.0. The van der Waals surface area contributed by atoms with Crippen molar-refractivity contribution in [2.75, 3.05) is 11.9 Å². The van der Waals surface area contributed by atoms with Gasteiger partial charge in [-0.2, -0.15) is 0 Å². The first-order chi connectivity index (χ1) is 12.6. The molecule has 1 heterocycles. The van der Waals surface area contributed by atoms with Crippen LogP contribution < -0.4 is 10.6 Å². The van der Waals surface area contributed by atoms with Crippen LogP contribution in [0.4, 0.5) is 11.6 Å². The van der Waals surface area contributed by atoms with Gasteiger partial charge in [-0.25, -0.2) is 9.97 Å². The largest absolute Gasteiger partial charge is 0.352 e. The minimum atomic E-state index is -0.215. The van der Waals surface area contributed by atoms with Crippen LogP contribution in [-0.4, -0.2) is 22.4 Å². The normalized spacial score (nSPS) is 10.4. The second-order valence-electron chi connectivity index (χ2n) is 5.54. The van der Waals surface area contributed by atoms with Crippen molar-refractivity contribution in [2.45, 2.75) is 6.42 Å². The van der Waals surface area contributed by atoms with Gasteiger partial charge in [0, 0.05) is 24.0 Å². The topological polar surface area (TPSA) is 66.9 Å². The molecule has 0 bridgehead atoms. The summed E-state index contributed by atoms with van der Waals surface area (Å²) in [4.78, 5) is 20.4. The Bertz CT molecular complexity index is 886. The lowest BCUT2D eigenvalue weighted by Crippen LogP contribution is -2.26. The maximum Gasteiger partial charge on any atom is 0.254 e. The average Bonchev–Trinajstić information content (AvgIpc) is 2.66. The van der Waals surface area contributed by atoms with E-state index in [-0.39, 0.29) is 5.91 Å². The quantitative estimate of drug-likeness (QED) is 0.654. The molecule has 2 aromatic carbocycles. The molecule has 0 aliphatic heterocycles. The number of nitrogens with zero attached hydrogens (tertiary/aromatic N) is 2. The Morgan fingerprint density at radius 3 is 2.46 bits per heavy atom. The molecule has 26 heavy (non-hydrogen) atoms. The first kappa shape index (κ1) is 18.2. The predicted molar refractivity (Wildman–Crippen MR) is 104 cm³/mol. The van der Waals surface area contributed by atoms with E-state index >= 15 is 0 Å². The zero-order valence-corrected chi connectivity index (χ0v) is 15.3. The maximum atomic E-state index is 12.2. The van der Waals surface area contributed by atoms with E-state index < -0.39 is 0 Å². The third-order valence-corrected chi connectivity index (χ3v) is 4.20. The van der Waals surface area contributed by atoms with E-state index in [9.17, 15) is 4.79 Å². The van der Waals surface area contributed by atoms with Crippen molar-refractivity contribution in [3.8, 4) is 0 Å². The molecule has 0 fully saturated rings. The summed E-state index contributed by atoms with van der Waals surface area (Å²) in [6.45, 7) is 0.543. The van der Waals surface area contributed by atoms with E-state index in [0.29, 0.717) is 33.8 Å². The molecule has 3 rings (SSSR count). The maximum absolute atomic E-state index is 12.2. The van der Waals surface area contributed by atoms with Crippen molar-refractivity contribution in [1.29, 1.82) is 0 Å². The van der Waals surface area contributed by atoms with E-state index in [4.69, 9.17) is 23.2 Å². The van der Waals surface area contributed by atoms with E-state index in [1.807, 2.05) is 30.3 Å². The van der Waals surface area contributed by atoms with Gasteiger partial charge >= 0.3 is 0 Å². The van der Waals surface area contributed by atoms with E-state index in [0.717, 1.165) is 6.42 Å². The summed E-state index contributed by atoms with van der Waals surface area (Å²) in [5.74, 6) is 0.114. The van der Waals surface area contributed by atoms with E-state index in [1.165, 1.54) is 18.0 Å². The van der Waals surface area contributed by atoms with Crippen molar-refractivity contribution in [3.05, 3.63) is 82.1 Å². The van der Waals surface area contributed by atoms with Crippen molar-refractivity contribution in [1.82, 2.24) is 15.3 Å².